The summed E-state index contributed by atoms with van der Waals surface area (Å²) >= 11 is 0. The van der Waals surface area contributed by atoms with E-state index < -0.39 is 13.9 Å². The van der Waals surface area contributed by atoms with E-state index in [9.17, 15) is 14.3 Å². The molecule has 9 heteroatoms. The minimum atomic E-state index is -4.29. The molecule has 0 aromatic heterocycles. The molecule has 0 saturated heterocycles. The first-order valence-electron chi connectivity index (χ1n) is 24.0. The van der Waals surface area contributed by atoms with Crippen molar-refractivity contribution in [2.24, 2.45) is 0 Å². The number of rotatable bonds is 45. The summed E-state index contributed by atoms with van der Waals surface area (Å²) in [6, 6.07) is 0. The lowest BCUT2D eigenvalue weighted by atomic mass is 10.0. The summed E-state index contributed by atoms with van der Waals surface area (Å²) in [6.45, 7) is 4.98. The number of ether oxygens (including phenoxy) is 2. The fraction of sp³-hybridized carbons (Fsp3) is 0.936. The van der Waals surface area contributed by atoms with E-state index >= 15 is 0 Å². The van der Waals surface area contributed by atoms with E-state index in [0.29, 0.717) is 17.4 Å². The van der Waals surface area contributed by atoms with Crippen LogP contribution in [-0.2, 0) is 27.9 Å². The van der Waals surface area contributed by atoms with Gasteiger partial charge in [0.2, 0.25) is 0 Å². The van der Waals surface area contributed by atoms with Crippen LogP contribution in [0.3, 0.4) is 0 Å². The highest BCUT2D eigenvalue weighted by Gasteiger charge is 2.26. The molecule has 1 N–H and O–H groups in total. The molecular weight excluding hydrogens is 721 g/mol. The van der Waals surface area contributed by atoms with Gasteiger partial charge in [-0.1, -0.05) is 206 Å². The second kappa shape index (κ2) is 40.8. The summed E-state index contributed by atoms with van der Waals surface area (Å²) in [5.41, 5.74) is 0. The zero-order valence-corrected chi connectivity index (χ0v) is 38.8. The molecule has 0 bridgehead atoms. The highest BCUT2D eigenvalue weighted by atomic mass is 31.2. The SMILES string of the molecule is CCCCCCCCCCCCCCCCCC/C=C\OC[C@H](COP(=O)(O)OCC[N+](C)(C)C)OC(=O)CCCCCCCCCCCCCCCCCC. The van der Waals surface area contributed by atoms with Gasteiger partial charge in [-0.2, -0.15) is 0 Å². The molecular formula is C47H95NO7P+. The van der Waals surface area contributed by atoms with Crippen molar-refractivity contribution in [1.29, 1.82) is 0 Å². The molecule has 0 rings (SSSR count). The van der Waals surface area contributed by atoms with Gasteiger partial charge < -0.3 is 18.9 Å². The Kier molecular flexibility index (Phi) is 40.2. The average molecular weight is 817 g/mol. The molecule has 334 valence electrons. The van der Waals surface area contributed by atoms with Crippen molar-refractivity contribution in [3.05, 3.63) is 12.3 Å². The lowest BCUT2D eigenvalue weighted by Crippen LogP contribution is -2.37. The molecule has 0 spiro atoms. The number of phosphoric ester groups is 1. The summed E-state index contributed by atoms with van der Waals surface area (Å²) in [6.07, 6.45) is 46.3. The zero-order valence-electron chi connectivity index (χ0n) is 37.9. The first-order valence-corrected chi connectivity index (χ1v) is 25.5. The van der Waals surface area contributed by atoms with Crippen LogP contribution in [0.4, 0.5) is 0 Å². The van der Waals surface area contributed by atoms with Gasteiger partial charge in [-0.3, -0.25) is 13.8 Å². The molecule has 0 aliphatic rings. The zero-order chi connectivity index (χ0) is 41.3. The van der Waals surface area contributed by atoms with Crippen molar-refractivity contribution in [2.45, 2.75) is 238 Å². The maximum atomic E-state index is 12.7. The Labute approximate surface area is 348 Å². The van der Waals surface area contributed by atoms with E-state index in [1.54, 1.807) is 6.26 Å². The van der Waals surface area contributed by atoms with Crippen molar-refractivity contribution in [3.8, 4) is 0 Å². The fourth-order valence-corrected chi connectivity index (χ4v) is 7.67. The maximum Gasteiger partial charge on any atom is 0.472 e. The number of unbranched alkanes of at least 4 members (excludes halogenated alkanes) is 31. The van der Waals surface area contributed by atoms with Gasteiger partial charge in [0, 0.05) is 6.42 Å². The molecule has 0 radical (unpaired) electrons. The van der Waals surface area contributed by atoms with E-state index in [-0.39, 0.29) is 25.8 Å². The highest BCUT2D eigenvalue weighted by molar-refractivity contribution is 7.47. The molecule has 0 aliphatic heterocycles. The van der Waals surface area contributed by atoms with Gasteiger partial charge in [-0.05, 0) is 25.3 Å². The van der Waals surface area contributed by atoms with E-state index in [1.165, 1.54) is 180 Å². The maximum absolute atomic E-state index is 12.7. The summed E-state index contributed by atoms with van der Waals surface area (Å²) in [5, 5.41) is 0. The van der Waals surface area contributed by atoms with Crippen LogP contribution in [0.2, 0.25) is 0 Å². The number of allylic oxidation sites excluding steroid dienone is 1. The van der Waals surface area contributed by atoms with E-state index in [2.05, 4.69) is 13.8 Å². The molecule has 56 heavy (non-hydrogen) atoms. The van der Waals surface area contributed by atoms with Crippen LogP contribution in [0.1, 0.15) is 232 Å². The molecule has 0 heterocycles. The largest absolute Gasteiger partial charge is 0.498 e. The van der Waals surface area contributed by atoms with Gasteiger partial charge in [0.15, 0.2) is 6.10 Å². The number of quaternary nitrogens is 1. The van der Waals surface area contributed by atoms with Gasteiger partial charge >= 0.3 is 13.8 Å². The summed E-state index contributed by atoms with van der Waals surface area (Å²) in [4.78, 5) is 22.9. The third-order valence-electron chi connectivity index (χ3n) is 10.7. The van der Waals surface area contributed by atoms with Crippen molar-refractivity contribution < 1.29 is 37.3 Å². The van der Waals surface area contributed by atoms with Crippen molar-refractivity contribution in [2.75, 3.05) is 47.5 Å². The minimum absolute atomic E-state index is 0.0546. The van der Waals surface area contributed by atoms with Crippen LogP contribution < -0.4 is 0 Å². The molecule has 0 fully saturated rings. The third-order valence-corrected chi connectivity index (χ3v) is 11.7. The smallest absolute Gasteiger partial charge is 0.472 e. The number of esters is 1. The number of hydrogen-bond donors (Lipinski definition) is 1. The van der Waals surface area contributed by atoms with Gasteiger partial charge in [-0.25, -0.2) is 4.57 Å². The molecule has 2 atom stereocenters. The molecule has 8 nitrogen and oxygen atoms in total. The second-order valence-corrected chi connectivity index (χ2v) is 19.0. The topological polar surface area (TPSA) is 91.3 Å². The van der Waals surface area contributed by atoms with Crippen LogP contribution in [-0.4, -0.2) is 69.0 Å². The number of carbonyl (C=O) groups is 1. The summed E-state index contributed by atoms with van der Waals surface area (Å²) < 4.78 is 34.8. The Morgan fingerprint density at radius 2 is 0.929 bits per heavy atom. The van der Waals surface area contributed by atoms with Gasteiger partial charge in [0.05, 0.1) is 34.0 Å². The van der Waals surface area contributed by atoms with Crippen LogP contribution in [0.15, 0.2) is 12.3 Å². The molecule has 0 aromatic carbocycles. The second-order valence-electron chi connectivity index (χ2n) is 17.6. The fourth-order valence-electron chi connectivity index (χ4n) is 6.93. The standard InChI is InChI=1S/C47H94NO7P/c1-6-8-10-12-14-16-18-20-22-24-25-27-29-31-33-35-37-39-42-52-44-46(45-54-56(50,51)53-43-41-48(3,4)5)55-47(49)40-38-36-34-32-30-28-26-23-21-19-17-15-13-11-9-7-2/h39,42,46H,6-38,40-41,43-45H2,1-5H3/p+1/b42-39-/t46-/m1/s1. The molecule has 0 saturated carbocycles. The minimum Gasteiger partial charge on any atom is -0.498 e. The predicted molar refractivity (Wildman–Crippen MR) is 238 cm³/mol. The Hall–Kier alpha value is -0.920. The summed E-state index contributed by atoms with van der Waals surface area (Å²) in [5.74, 6) is -0.330. The Morgan fingerprint density at radius 1 is 0.554 bits per heavy atom. The van der Waals surface area contributed by atoms with Crippen LogP contribution in [0.5, 0.6) is 0 Å². The molecule has 0 aliphatic carbocycles. The molecule has 0 aromatic rings. The average Bonchev–Trinajstić information content (AvgIpc) is 3.15. The molecule has 1 unspecified atom stereocenters. The van der Waals surface area contributed by atoms with Crippen molar-refractivity contribution in [1.82, 2.24) is 0 Å². The first kappa shape index (κ1) is 55.1. The van der Waals surface area contributed by atoms with E-state index in [0.717, 1.165) is 32.1 Å². The Morgan fingerprint density at radius 3 is 1.32 bits per heavy atom. The number of phosphoric acid groups is 1. The number of carbonyl (C=O) groups excluding carboxylic acids is 1. The van der Waals surface area contributed by atoms with E-state index in [1.807, 2.05) is 27.2 Å². The Balaban J connectivity index is 4.19. The quantitative estimate of drug-likeness (QED) is 0.0215. The normalized spacial score (nSPS) is 13.7. The van der Waals surface area contributed by atoms with Gasteiger partial charge in [0.25, 0.3) is 0 Å². The first-order chi connectivity index (χ1) is 27.1. The van der Waals surface area contributed by atoms with Crippen molar-refractivity contribution in [3.63, 3.8) is 0 Å². The number of likely N-dealkylation sites (N-methyl/N-ethyl adjacent to an activating group) is 1. The number of hydrogen-bond acceptors (Lipinski definition) is 6. The molecule has 0 amide bonds. The van der Waals surface area contributed by atoms with Crippen LogP contribution in [0.25, 0.3) is 0 Å². The lowest BCUT2D eigenvalue weighted by Gasteiger charge is -2.24. The van der Waals surface area contributed by atoms with Gasteiger partial charge in [-0.15, -0.1) is 0 Å². The lowest BCUT2D eigenvalue weighted by molar-refractivity contribution is -0.870. The highest BCUT2D eigenvalue weighted by Crippen LogP contribution is 2.43. The predicted octanol–water partition coefficient (Wildman–Crippen LogP) is 14.6. The van der Waals surface area contributed by atoms with Crippen molar-refractivity contribution >= 4 is 13.8 Å². The Bertz CT molecular complexity index is 909. The van der Waals surface area contributed by atoms with Crippen LogP contribution >= 0.6 is 7.82 Å². The number of nitrogens with zero attached hydrogens (tertiary/aromatic N) is 1. The summed E-state index contributed by atoms with van der Waals surface area (Å²) in [7, 11) is 1.65. The van der Waals surface area contributed by atoms with E-state index in [4.69, 9.17) is 18.5 Å². The van der Waals surface area contributed by atoms with Crippen LogP contribution in [0, 0.1) is 0 Å². The van der Waals surface area contributed by atoms with Gasteiger partial charge in [0.1, 0.15) is 19.8 Å². The monoisotopic (exact) mass is 817 g/mol. The third kappa shape index (κ3) is 44.2.